The first-order valence-electron chi connectivity index (χ1n) is 7.12. The minimum atomic E-state index is -0.848. The number of carboxylic acid groups (broad SMARTS) is 1. The van der Waals surface area contributed by atoms with Crippen LogP contribution in [-0.2, 0) is 11.2 Å². The Morgan fingerprint density at radius 1 is 1.19 bits per heavy atom. The SMILES string of the molecule is CC(C)(C)CCNC(=O)Nc1ccccc1CCC(=O)O. The third-order valence-electron chi connectivity index (χ3n) is 3.03. The highest BCUT2D eigenvalue weighted by molar-refractivity contribution is 5.90. The normalized spacial score (nSPS) is 11.0. The van der Waals surface area contributed by atoms with Gasteiger partial charge in [0.1, 0.15) is 0 Å². The second-order valence-electron chi connectivity index (χ2n) is 6.24. The van der Waals surface area contributed by atoms with Crippen molar-refractivity contribution in [1.29, 1.82) is 0 Å². The van der Waals surface area contributed by atoms with Gasteiger partial charge in [0.15, 0.2) is 0 Å². The number of carbonyl (C=O) groups is 2. The maximum Gasteiger partial charge on any atom is 0.319 e. The highest BCUT2D eigenvalue weighted by Crippen LogP contribution is 2.18. The summed E-state index contributed by atoms with van der Waals surface area (Å²) in [6, 6.07) is 6.99. The van der Waals surface area contributed by atoms with Gasteiger partial charge < -0.3 is 15.7 Å². The summed E-state index contributed by atoms with van der Waals surface area (Å²) in [6.07, 6.45) is 1.33. The average molecular weight is 292 g/mol. The van der Waals surface area contributed by atoms with E-state index in [-0.39, 0.29) is 17.9 Å². The van der Waals surface area contributed by atoms with Crippen LogP contribution in [-0.4, -0.2) is 23.7 Å². The van der Waals surface area contributed by atoms with Crippen molar-refractivity contribution in [2.75, 3.05) is 11.9 Å². The van der Waals surface area contributed by atoms with E-state index in [0.29, 0.717) is 18.7 Å². The highest BCUT2D eigenvalue weighted by atomic mass is 16.4. The van der Waals surface area contributed by atoms with E-state index in [1.54, 1.807) is 6.07 Å². The molecule has 1 rings (SSSR count). The lowest BCUT2D eigenvalue weighted by atomic mass is 9.92. The Morgan fingerprint density at radius 3 is 2.48 bits per heavy atom. The monoisotopic (exact) mass is 292 g/mol. The molecule has 0 aliphatic carbocycles. The Hall–Kier alpha value is -2.04. The summed E-state index contributed by atoms with van der Waals surface area (Å²) in [5.41, 5.74) is 1.66. The van der Waals surface area contributed by atoms with Gasteiger partial charge in [0, 0.05) is 18.7 Å². The Morgan fingerprint density at radius 2 is 1.86 bits per heavy atom. The van der Waals surface area contributed by atoms with Crippen LogP contribution < -0.4 is 10.6 Å². The fourth-order valence-electron chi connectivity index (χ4n) is 1.82. The summed E-state index contributed by atoms with van der Waals surface area (Å²) in [5, 5.41) is 14.3. The summed E-state index contributed by atoms with van der Waals surface area (Å²) in [7, 11) is 0. The summed E-state index contributed by atoms with van der Waals surface area (Å²) < 4.78 is 0. The van der Waals surface area contributed by atoms with Gasteiger partial charge in [-0.1, -0.05) is 39.0 Å². The maximum atomic E-state index is 11.9. The number of anilines is 1. The zero-order valence-corrected chi connectivity index (χ0v) is 12.9. The van der Waals surface area contributed by atoms with Crippen molar-refractivity contribution < 1.29 is 14.7 Å². The van der Waals surface area contributed by atoms with Crippen molar-refractivity contribution in [2.45, 2.75) is 40.0 Å². The van der Waals surface area contributed by atoms with Crippen LogP contribution >= 0.6 is 0 Å². The van der Waals surface area contributed by atoms with Crippen molar-refractivity contribution >= 4 is 17.7 Å². The van der Waals surface area contributed by atoms with Crippen LogP contribution in [0.2, 0.25) is 0 Å². The van der Waals surface area contributed by atoms with Gasteiger partial charge >= 0.3 is 12.0 Å². The van der Waals surface area contributed by atoms with Crippen molar-refractivity contribution in [2.24, 2.45) is 5.41 Å². The molecule has 0 radical (unpaired) electrons. The first-order chi connectivity index (χ1) is 9.78. The number of amides is 2. The largest absolute Gasteiger partial charge is 0.481 e. The zero-order chi connectivity index (χ0) is 15.9. The number of aliphatic carboxylic acids is 1. The molecule has 0 atom stereocenters. The van der Waals surface area contributed by atoms with E-state index in [1.165, 1.54) is 0 Å². The van der Waals surface area contributed by atoms with Crippen LogP contribution in [0.1, 0.15) is 39.2 Å². The van der Waals surface area contributed by atoms with Gasteiger partial charge in [0.2, 0.25) is 0 Å². The van der Waals surface area contributed by atoms with Gasteiger partial charge in [-0.25, -0.2) is 4.79 Å². The zero-order valence-electron chi connectivity index (χ0n) is 12.9. The number of para-hydroxylation sites is 1. The number of aryl methyl sites for hydroxylation is 1. The predicted octanol–water partition coefficient (Wildman–Crippen LogP) is 3.26. The third-order valence-corrected chi connectivity index (χ3v) is 3.03. The van der Waals surface area contributed by atoms with E-state index >= 15 is 0 Å². The molecule has 0 heterocycles. The summed E-state index contributed by atoms with van der Waals surface area (Å²) in [4.78, 5) is 22.5. The predicted molar refractivity (Wildman–Crippen MR) is 83.5 cm³/mol. The number of hydrogen-bond donors (Lipinski definition) is 3. The molecule has 2 amide bonds. The molecule has 116 valence electrons. The lowest BCUT2D eigenvalue weighted by Gasteiger charge is -2.18. The van der Waals surface area contributed by atoms with Crippen molar-refractivity contribution in [1.82, 2.24) is 5.32 Å². The molecule has 0 spiro atoms. The molecule has 0 saturated heterocycles. The lowest BCUT2D eigenvalue weighted by Crippen LogP contribution is -2.31. The first-order valence-corrected chi connectivity index (χ1v) is 7.12. The molecular formula is C16H24N2O3. The van der Waals surface area contributed by atoms with E-state index < -0.39 is 5.97 Å². The van der Waals surface area contributed by atoms with Crippen LogP contribution in [0.15, 0.2) is 24.3 Å². The van der Waals surface area contributed by atoms with Gasteiger partial charge in [-0.3, -0.25) is 4.79 Å². The van der Waals surface area contributed by atoms with Crippen molar-refractivity contribution in [3.05, 3.63) is 29.8 Å². The molecular weight excluding hydrogens is 268 g/mol. The van der Waals surface area contributed by atoms with Gasteiger partial charge in [-0.2, -0.15) is 0 Å². The number of hydrogen-bond acceptors (Lipinski definition) is 2. The van der Waals surface area contributed by atoms with E-state index in [2.05, 4.69) is 31.4 Å². The fourth-order valence-corrected chi connectivity index (χ4v) is 1.82. The highest BCUT2D eigenvalue weighted by Gasteiger charge is 2.11. The Labute approximate surface area is 125 Å². The van der Waals surface area contributed by atoms with Gasteiger partial charge in [0.05, 0.1) is 0 Å². The molecule has 0 aromatic heterocycles. The number of nitrogens with one attached hydrogen (secondary N) is 2. The standard InChI is InChI=1S/C16H24N2O3/c1-16(2,3)10-11-17-15(21)18-13-7-5-4-6-12(13)8-9-14(19)20/h4-7H,8-11H2,1-3H3,(H,19,20)(H2,17,18,21). The molecule has 21 heavy (non-hydrogen) atoms. The molecule has 1 aromatic carbocycles. The van der Waals surface area contributed by atoms with E-state index in [4.69, 9.17) is 5.11 Å². The number of carboxylic acids is 1. The number of rotatable bonds is 6. The smallest absolute Gasteiger partial charge is 0.319 e. The fraction of sp³-hybridized carbons (Fsp3) is 0.500. The van der Waals surface area contributed by atoms with Gasteiger partial charge in [0.25, 0.3) is 0 Å². The molecule has 0 fully saturated rings. The summed E-state index contributed by atoms with van der Waals surface area (Å²) >= 11 is 0. The summed E-state index contributed by atoms with van der Waals surface area (Å²) in [6.45, 7) is 6.96. The van der Waals surface area contributed by atoms with E-state index in [1.807, 2.05) is 18.2 Å². The number of urea groups is 1. The van der Waals surface area contributed by atoms with E-state index in [0.717, 1.165) is 12.0 Å². The topological polar surface area (TPSA) is 78.4 Å². The molecule has 0 aliphatic heterocycles. The molecule has 5 heteroatoms. The van der Waals surface area contributed by atoms with Gasteiger partial charge in [-0.15, -0.1) is 0 Å². The lowest BCUT2D eigenvalue weighted by molar-refractivity contribution is -0.136. The van der Waals surface area contributed by atoms with Crippen LogP contribution in [0.3, 0.4) is 0 Å². The van der Waals surface area contributed by atoms with Crippen LogP contribution in [0.5, 0.6) is 0 Å². The molecule has 0 aliphatic rings. The van der Waals surface area contributed by atoms with Crippen molar-refractivity contribution in [3.63, 3.8) is 0 Å². The quantitative estimate of drug-likeness (QED) is 0.753. The Balaban J connectivity index is 2.53. The molecule has 0 unspecified atom stereocenters. The first kappa shape index (κ1) is 17.0. The van der Waals surface area contributed by atoms with Crippen LogP contribution in [0.25, 0.3) is 0 Å². The molecule has 5 nitrogen and oxygen atoms in total. The van der Waals surface area contributed by atoms with Crippen molar-refractivity contribution in [3.8, 4) is 0 Å². The molecule has 0 saturated carbocycles. The Bertz CT molecular complexity index is 493. The maximum absolute atomic E-state index is 11.9. The second kappa shape index (κ2) is 7.67. The molecule has 3 N–H and O–H groups in total. The molecule has 0 bridgehead atoms. The molecule has 1 aromatic rings. The third kappa shape index (κ3) is 7.34. The average Bonchev–Trinajstić information content (AvgIpc) is 2.36. The number of benzene rings is 1. The second-order valence-corrected chi connectivity index (χ2v) is 6.24. The number of carbonyl (C=O) groups excluding carboxylic acids is 1. The van der Waals surface area contributed by atoms with Crippen LogP contribution in [0.4, 0.5) is 10.5 Å². The van der Waals surface area contributed by atoms with Crippen LogP contribution in [0, 0.1) is 5.41 Å². The Kier molecular flexibility index (Phi) is 6.21. The minimum absolute atomic E-state index is 0.0460. The van der Waals surface area contributed by atoms with Gasteiger partial charge in [-0.05, 0) is 29.9 Å². The minimum Gasteiger partial charge on any atom is -0.481 e. The summed E-state index contributed by atoms with van der Waals surface area (Å²) in [5.74, 6) is -0.848. The van der Waals surface area contributed by atoms with E-state index in [9.17, 15) is 9.59 Å².